The number of thiazole rings is 1. The van der Waals surface area contributed by atoms with E-state index in [0.717, 1.165) is 15.2 Å². The highest BCUT2D eigenvalue weighted by Gasteiger charge is 2.10. The van der Waals surface area contributed by atoms with Gasteiger partial charge in [-0.05, 0) is 24.3 Å². The molecule has 0 spiro atoms. The van der Waals surface area contributed by atoms with Gasteiger partial charge in [0, 0.05) is 19.2 Å². The van der Waals surface area contributed by atoms with E-state index in [1.807, 2.05) is 24.3 Å². The summed E-state index contributed by atoms with van der Waals surface area (Å²) >= 11 is 1.62. The van der Waals surface area contributed by atoms with E-state index in [-0.39, 0.29) is 11.6 Å². The number of esters is 1. The molecule has 0 aliphatic carbocycles. The number of fused-ring (bicyclic) bond motifs is 1. The van der Waals surface area contributed by atoms with Gasteiger partial charge in [-0.1, -0.05) is 12.1 Å². The number of ether oxygens (including phenoxy) is 1. The van der Waals surface area contributed by atoms with Gasteiger partial charge in [-0.2, -0.15) is 0 Å². The minimum atomic E-state index is -0.481. The van der Waals surface area contributed by atoms with Crippen LogP contribution in [-0.4, -0.2) is 35.5 Å². The lowest BCUT2D eigenvalue weighted by Crippen LogP contribution is -2.26. The van der Waals surface area contributed by atoms with Crippen molar-refractivity contribution in [1.82, 2.24) is 15.3 Å². The van der Waals surface area contributed by atoms with Gasteiger partial charge in [-0.15, -0.1) is 11.3 Å². The molecule has 1 amide bonds. The number of carbonyl (C=O) groups is 2. The highest BCUT2D eigenvalue weighted by atomic mass is 32.1. The summed E-state index contributed by atoms with van der Waals surface area (Å²) in [6.07, 6.45) is 1.99. The van der Waals surface area contributed by atoms with Gasteiger partial charge in [-0.25, -0.2) is 9.78 Å². The largest absolute Gasteiger partial charge is 0.465 e. The van der Waals surface area contributed by atoms with Gasteiger partial charge in [0.15, 0.2) is 0 Å². The first-order valence-corrected chi connectivity index (χ1v) is 8.16. The van der Waals surface area contributed by atoms with E-state index in [9.17, 15) is 9.59 Å². The number of hydrogen-bond acceptors (Lipinski definition) is 6. The molecule has 0 saturated carbocycles. The molecule has 122 valence electrons. The number of benzene rings is 1. The molecular weight excluding hydrogens is 326 g/mol. The van der Waals surface area contributed by atoms with Gasteiger partial charge < -0.3 is 10.1 Å². The third-order valence-corrected chi connectivity index (χ3v) is 4.48. The molecule has 2 aromatic heterocycles. The lowest BCUT2D eigenvalue weighted by molar-refractivity contribution is 0.0599. The van der Waals surface area contributed by atoms with Crippen LogP contribution in [0.5, 0.6) is 0 Å². The number of nitrogens with zero attached hydrogens (tertiary/aromatic N) is 2. The van der Waals surface area contributed by atoms with Crippen LogP contribution in [0.3, 0.4) is 0 Å². The van der Waals surface area contributed by atoms with Crippen molar-refractivity contribution in [2.45, 2.75) is 6.42 Å². The van der Waals surface area contributed by atoms with Crippen molar-refractivity contribution in [1.29, 1.82) is 0 Å². The van der Waals surface area contributed by atoms with Crippen LogP contribution in [0.4, 0.5) is 0 Å². The second-order valence-electron chi connectivity index (χ2n) is 5.00. The van der Waals surface area contributed by atoms with Crippen LogP contribution in [0.15, 0.2) is 42.6 Å². The Kier molecular flexibility index (Phi) is 4.81. The lowest BCUT2D eigenvalue weighted by Gasteiger charge is -2.04. The molecule has 0 aliphatic rings. The van der Waals surface area contributed by atoms with E-state index in [1.165, 1.54) is 25.4 Å². The van der Waals surface area contributed by atoms with Crippen molar-refractivity contribution < 1.29 is 14.3 Å². The molecule has 24 heavy (non-hydrogen) atoms. The molecular formula is C17H15N3O3S. The highest BCUT2D eigenvalue weighted by molar-refractivity contribution is 7.18. The second-order valence-corrected chi connectivity index (χ2v) is 6.12. The van der Waals surface area contributed by atoms with E-state index in [4.69, 9.17) is 0 Å². The van der Waals surface area contributed by atoms with Crippen LogP contribution in [0.2, 0.25) is 0 Å². The van der Waals surface area contributed by atoms with Crippen molar-refractivity contribution in [3.8, 4) is 0 Å². The molecule has 0 bridgehead atoms. The number of hydrogen-bond donors (Lipinski definition) is 1. The predicted octanol–water partition coefficient (Wildman–Crippen LogP) is 2.45. The summed E-state index contributed by atoms with van der Waals surface area (Å²) in [5, 5.41) is 3.78. The van der Waals surface area contributed by atoms with E-state index in [2.05, 4.69) is 20.0 Å². The Balaban J connectivity index is 1.56. The van der Waals surface area contributed by atoms with Crippen LogP contribution in [0.1, 0.15) is 25.9 Å². The van der Waals surface area contributed by atoms with Crippen LogP contribution in [0.25, 0.3) is 10.2 Å². The fourth-order valence-corrected chi connectivity index (χ4v) is 3.13. The number of nitrogens with one attached hydrogen (secondary N) is 1. The third kappa shape index (κ3) is 3.57. The second kappa shape index (κ2) is 7.18. The molecule has 0 saturated heterocycles. The summed E-state index contributed by atoms with van der Waals surface area (Å²) in [7, 11) is 1.30. The first kappa shape index (κ1) is 16.1. The fraction of sp³-hybridized carbons (Fsp3) is 0.176. The Morgan fingerprint density at radius 2 is 2.04 bits per heavy atom. The number of amides is 1. The summed E-state index contributed by atoms with van der Waals surface area (Å²) < 4.78 is 5.73. The maximum atomic E-state index is 12.1. The fourth-order valence-electron chi connectivity index (χ4n) is 2.17. The summed E-state index contributed by atoms with van der Waals surface area (Å²) in [4.78, 5) is 31.9. The molecule has 2 heterocycles. The zero-order chi connectivity index (χ0) is 16.9. The van der Waals surface area contributed by atoms with Crippen LogP contribution < -0.4 is 5.32 Å². The average Bonchev–Trinajstić information content (AvgIpc) is 3.03. The molecule has 3 aromatic rings. The SMILES string of the molecule is COC(=O)c1ccc(C(=O)NCCc2nc3ccccc3s2)nc1. The van der Waals surface area contributed by atoms with Crippen molar-refractivity contribution in [2.75, 3.05) is 13.7 Å². The molecule has 0 atom stereocenters. The molecule has 3 rings (SSSR count). The molecule has 0 unspecified atom stereocenters. The number of carbonyl (C=O) groups excluding carboxylic acids is 2. The van der Waals surface area contributed by atoms with Crippen LogP contribution >= 0.6 is 11.3 Å². The van der Waals surface area contributed by atoms with Crippen molar-refractivity contribution in [3.05, 3.63) is 58.9 Å². The van der Waals surface area contributed by atoms with E-state index in [1.54, 1.807) is 11.3 Å². The Bertz CT molecular complexity index is 841. The number of para-hydroxylation sites is 1. The highest BCUT2D eigenvalue weighted by Crippen LogP contribution is 2.21. The van der Waals surface area contributed by atoms with Gasteiger partial charge >= 0.3 is 5.97 Å². The zero-order valence-corrected chi connectivity index (χ0v) is 13.8. The summed E-state index contributed by atoms with van der Waals surface area (Å²) in [6, 6.07) is 11.0. The Hall–Kier alpha value is -2.80. The quantitative estimate of drug-likeness (QED) is 0.721. The summed E-state index contributed by atoms with van der Waals surface area (Å²) in [5.41, 5.74) is 1.54. The van der Waals surface area contributed by atoms with Crippen LogP contribution in [-0.2, 0) is 11.2 Å². The molecule has 6 nitrogen and oxygen atoms in total. The molecule has 0 fully saturated rings. The van der Waals surface area contributed by atoms with Gasteiger partial charge in [-0.3, -0.25) is 9.78 Å². The normalized spacial score (nSPS) is 10.5. The van der Waals surface area contributed by atoms with Gasteiger partial charge in [0.25, 0.3) is 5.91 Å². The van der Waals surface area contributed by atoms with Gasteiger partial charge in [0.2, 0.25) is 0 Å². The van der Waals surface area contributed by atoms with Gasteiger partial charge in [0.05, 0.1) is 27.9 Å². The van der Waals surface area contributed by atoms with Gasteiger partial charge in [0.1, 0.15) is 5.69 Å². The molecule has 0 radical (unpaired) electrons. The first-order chi connectivity index (χ1) is 11.7. The molecule has 7 heteroatoms. The zero-order valence-electron chi connectivity index (χ0n) is 13.0. The Morgan fingerprint density at radius 1 is 1.21 bits per heavy atom. The van der Waals surface area contributed by atoms with Crippen LogP contribution in [0, 0.1) is 0 Å². The topological polar surface area (TPSA) is 81.2 Å². The Morgan fingerprint density at radius 3 is 2.75 bits per heavy atom. The van der Waals surface area contributed by atoms with Crippen molar-refractivity contribution >= 4 is 33.4 Å². The van der Waals surface area contributed by atoms with E-state index >= 15 is 0 Å². The maximum absolute atomic E-state index is 12.1. The summed E-state index contributed by atoms with van der Waals surface area (Å²) in [5.74, 6) is -0.766. The summed E-state index contributed by atoms with van der Waals surface area (Å²) in [6.45, 7) is 0.471. The predicted molar refractivity (Wildman–Crippen MR) is 91.2 cm³/mol. The third-order valence-electron chi connectivity index (χ3n) is 3.38. The lowest BCUT2D eigenvalue weighted by atomic mass is 10.2. The average molecular weight is 341 g/mol. The minimum absolute atomic E-state index is 0.256. The maximum Gasteiger partial charge on any atom is 0.339 e. The molecule has 0 aliphatic heterocycles. The number of rotatable bonds is 5. The van der Waals surface area contributed by atoms with E-state index < -0.39 is 5.97 Å². The first-order valence-electron chi connectivity index (χ1n) is 7.34. The smallest absolute Gasteiger partial charge is 0.339 e. The minimum Gasteiger partial charge on any atom is -0.465 e. The standard InChI is InChI=1S/C17H15N3O3S/c1-23-17(22)11-6-7-13(19-10-11)16(21)18-9-8-15-20-12-4-2-3-5-14(12)24-15/h2-7,10H,8-9H2,1H3,(H,18,21). The van der Waals surface area contributed by atoms with E-state index in [0.29, 0.717) is 18.5 Å². The molecule has 1 aromatic carbocycles. The Labute approximate surface area is 142 Å². The number of aromatic nitrogens is 2. The monoisotopic (exact) mass is 341 g/mol. The number of pyridine rings is 1. The van der Waals surface area contributed by atoms with Crippen molar-refractivity contribution in [2.24, 2.45) is 0 Å². The molecule has 1 N–H and O–H groups in total. The van der Waals surface area contributed by atoms with Crippen molar-refractivity contribution in [3.63, 3.8) is 0 Å². The number of methoxy groups -OCH3 is 1.